The van der Waals surface area contributed by atoms with E-state index in [2.05, 4.69) is 19.1 Å². The molecule has 0 radical (unpaired) electrons. The summed E-state index contributed by atoms with van der Waals surface area (Å²) in [5.41, 5.74) is 0. The Hall–Kier alpha value is -0.320. The van der Waals surface area contributed by atoms with Gasteiger partial charge in [-0.05, 0) is 44.9 Å². The van der Waals surface area contributed by atoms with Crippen LogP contribution >= 0.6 is 0 Å². The summed E-state index contributed by atoms with van der Waals surface area (Å²) >= 11 is 0. The van der Waals surface area contributed by atoms with Gasteiger partial charge in [-0.25, -0.2) is 0 Å². The van der Waals surface area contributed by atoms with Gasteiger partial charge < -0.3 is 14.6 Å². The molecule has 0 aromatic rings. The fourth-order valence-corrected chi connectivity index (χ4v) is 3.44. The monoisotopic (exact) mass is 374 g/mol. The first kappa shape index (κ1) is 25.7. The third kappa shape index (κ3) is 11.4. The van der Waals surface area contributed by atoms with Gasteiger partial charge in [0.2, 0.25) is 0 Å². The van der Waals surface area contributed by atoms with Crippen LogP contribution in [0.4, 0.5) is 0 Å². The number of carbonyl (C=O) groups excluding carboxylic acids is 2. The molecule has 0 aromatic heterocycles. The number of esters is 1. The van der Waals surface area contributed by atoms with E-state index in [4.69, 9.17) is 4.74 Å². The van der Waals surface area contributed by atoms with Crippen molar-refractivity contribution >= 4 is 11.9 Å². The SMILES string of the molecule is CCCCC/C=C/CCCCCCOC(=O)C1CCCCC1C(=O)[O-].[Na+]. The molecule has 0 N–H and O–H groups in total. The van der Waals surface area contributed by atoms with E-state index in [0.29, 0.717) is 19.4 Å². The van der Waals surface area contributed by atoms with Gasteiger partial charge in [0.15, 0.2) is 0 Å². The first-order valence-corrected chi connectivity index (χ1v) is 10.2. The van der Waals surface area contributed by atoms with Crippen LogP contribution in [0.5, 0.6) is 0 Å². The number of carboxylic acid groups (broad SMARTS) is 1. The minimum atomic E-state index is -1.11. The van der Waals surface area contributed by atoms with E-state index in [1.165, 1.54) is 32.1 Å². The van der Waals surface area contributed by atoms with Crippen LogP contribution in [0, 0.1) is 11.8 Å². The van der Waals surface area contributed by atoms with Crippen molar-refractivity contribution in [3.05, 3.63) is 12.2 Å². The molecule has 26 heavy (non-hydrogen) atoms. The largest absolute Gasteiger partial charge is 1.00 e. The van der Waals surface area contributed by atoms with Gasteiger partial charge in [0.25, 0.3) is 0 Å². The van der Waals surface area contributed by atoms with E-state index in [1.807, 2.05) is 0 Å². The number of hydrogen-bond donors (Lipinski definition) is 0. The van der Waals surface area contributed by atoms with Gasteiger partial charge in [0.1, 0.15) is 0 Å². The quantitative estimate of drug-likeness (QED) is 0.210. The van der Waals surface area contributed by atoms with E-state index in [0.717, 1.165) is 38.5 Å². The summed E-state index contributed by atoms with van der Waals surface area (Å²) in [6, 6.07) is 0. The second-order valence-corrected chi connectivity index (χ2v) is 7.15. The number of rotatable bonds is 13. The molecule has 2 atom stereocenters. The van der Waals surface area contributed by atoms with E-state index in [-0.39, 0.29) is 35.5 Å². The smallest absolute Gasteiger partial charge is 0.550 e. The van der Waals surface area contributed by atoms with E-state index < -0.39 is 17.8 Å². The van der Waals surface area contributed by atoms with Crippen molar-refractivity contribution in [3.63, 3.8) is 0 Å². The van der Waals surface area contributed by atoms with Gasteiger partial charge >= 0.3 is 35.5 Å². The summed E-state index contributed by atoms with van der Waals surface area (Å²) in [5.74, 6) is -2.62. The molecule has 1 aliphatic carbocycles. The Balaban J connectivity index is 0.00000625. The maximum Gasteiger partial charge on any atom is 1.00 e. The number of aliphatic carboxylic acids is 1. The molecule has 0 heterocycles. The molecule has 0 bridgehead atoms. The summed E-state index contributed by atoms with van der Waals surface area (Å²) < 4.78 is 5.30. The van der Waals surface area contributed by atoms with Gasteiger partial charge in [-0.15, -0.1) is 0 Å². The molecule has 0 saturated heterocycles. The average Bonchev–Trinajstić information content (AvgIpc) is 2.62. The first-order valence-electron chi connectivity index (χ1n) is 10.2. The topological polar surface area (TPSA) is 66.4 Å². The second kappa shape index (κ2) is 16.8. The van der Waals surface area contributed by atoms with Gasteiger partial charge in [0.05, 0.1) is 12.5 Å². The predicted molar refractivity (Wildman–Crippen MR) is 97.8 cm³/mol. The molecule has 4 nitrogen and oxygen atoms in total. The molecule has 1 saturated carbocycles. The Morgan fingerprint density at radius 2 is 1.50 bits per heavy atom. The predicted octanol–water partition coefficient (Wildman–Crippen LogP) is 1.18. The molecular weight excluding hydrogens is 339 g/mol. The van der Waals surface area contributed by atoms with Gasteiger partial charge in [-0.1, -0.05) is 57.6 Å². The van der Waals surface area contributed by atoms with Crippen LogP contribution in [0.3, 0.4) is 0 Å². The standard InChI is InChI=1S/C21H36O4.Na/c1-2-3-4-5-6-7-8-9-10-11-14-17-25-21(24)19-16-13-12-15-18(19)20(22)23;/h6-7,18-19H,2-5,8-17H2,1H3,(H,22,23);/q;+1/p-1/b7-6+;. The Morgan fingerprint density at radius 1 is 0.923 bits per heavy atom. The maximum atomic E-state index is 12.1. The van der Waals surface area contributed by atoms with E-state index in [9.17, 15) is 14.7 Å². The zero-order valence-electron chi connectivity index (χ0n) is 16.8. The van der Waals surface area contributed by atoms with Crippen molar-refractivity contribution in [2.24, 2.45) is 11.8 Å². The Labute approximate surface area is 181 Å². The minimum absolute atomic E-state index is 0. The van der Waals surface area contributed by atoms with Gasteiger partial charge in [-0.2, -0.15) is 0 Å². The fourth-order valence-electron chi connectivity index (χ4n) is 3.44. The van der Waals surface area contributed by atoms with Crippen LogP contribution in [0.15, 0.2) is 12.2 Å². The van der Waals surface area contributed by atoms with Crippen molar-refractivity contribution in [1.82, 2.24) is 0 Å². The Morgan fingerprint density at radius 3 is 2.12 bits per heavy atom. The van der Waals surface area contributed by atoms with Crippen molar-refractivity contribution in [1.29, 1.82) is 0 Å². The van der Waals surface area contributed by atoms with Crippen molar-refractivity contribution in [2.75, 3.05) is 6.61 Å². The molecule has 2 unspecified atom stereocenters. The summed E-state index contributed by atoms with van der Waals surface area (Å²) in [5, 5.41) is 11.1. The van der Waals surface area contributed by atoms with Crippen molar-refractivity contribution in [3.8, 4) is 0 Å². The number of ether oxygens (including phenoxy) is 1. The molecule has 0 aliphatic heterocycles. The van der Waals surface area contributed by atoms with E-state index in [1.54, 1.807) is 0 Å². The van der Waals surface area contributed by atoms with Crippen LogP contribution in [0.25, 0.3) is 0 Å². The average molecular weight is 374 g/mol. The molecule has 144 valence electrons. The number of allylic oxidation sites excluding steroid dienone is 2. The van der Waals surface area contributed by atoms with Crippen LogP contribution in [-0.4, -0.2) is 18.5 Å². The van der Waals surface area contributed by atoms with Crippen LogP contribution in [0.1, 0.15) is 90.4 Å². The number of carboxylic acids is 1. The zero-order valence-corrected chi connectivity index (χ0v) is 18.8. The zero-order chi connectivity index (χ0) is 18.3. The van der Waals surface area contributed by atoms with Gasteiger partial charge in [-0.3, -0.25) is 4.79 Å². The molecule has 5 heteroatoms. The van der Waals surface area contributed by atoms with Crippen LogP contribution in [0.2, 0.25) is 0 Å². The summed E-state index contributed by atoms with van der Waals surface area (Å²) in [4.78, 5) is 23.2. The minimum Gasteiger partial charge on any atom is -0.550 e. The molecule has 1 rings (SSSR count). The number of unbranched alkanes of at least 4 members (excludes halogenated alkanes) is 7. The van der Waals surface area contributed by atoms with Gasteiger partial charge in [0, 0.05) is 11.9 Å². The summed E-state index contributed by atoms with van der Waals surface area (Å²) in [6.07, 6.45) is 17.9. The van der Waals surface area contributed by atoms with E-state index >= 15 is 0 Å². The van der Waals surface area contributed by atoms with Crippen LogP contribution in [-0.2, 0) is 14.3 Å². The molecule has 0 spiro atoms. The third-order valence-electron chi connectivity index (χ3n) is 5.02. The first-order chi connectivity index (χ1) is 12.2. The Kier molecular flexibility index (Phi) is 16.6. The summed E-state index contributed by atoms with van der Waals surface area (Å²) in [6.45, 7) is 2.62. The number of hydrogen-bond acceptors (Lipinski definition) is 4. The summed E-state index contributed by atoms with van der Waals surface area (Å²) in [7, 11) is 0. The van der Waals surface area contributed by atoms with Crippen molar-refractivity contribution in [2.45, 2.75) is 90.4 Å². The maximum absolute atomic E-state index is 12.1. The fraction of sp³-hybridized carbons (Fsp3) is 0.810. The molecule has 0 aromatic carbocycles. The molecule has 1 aliphatic rings. The third-order valence-corrected chi connectivity index (χ3v) is 5.02. The Bertz CT molecular complexity index is 409. The van der Waals surface area contributed by atoms with Crippen molar-refractivity contribution < 1.29 is 49.0 Å². The van der Waals surface area contributed by atoms with Crippen LogP contribution < -0.4 is 34.7 Å². The second-order valence-electron chi connectivity index (χ2n) is 7.15. The normalized spacial score (nSPS) is 19.9. The number of carbonyl (C=O) groups is 2. The molecular formula is C21H35NaO4. The molecule has 0 amide bonds. The molecule has 1 fully saturated rings.